The minimum Gasteiger partial charge on any atom is -0.468 e. The summed E-state index contributed by atoms with van der Waals surface area (Å²) >= 11 is 0. The fraction of sp³-hybridized carbons (Fsp3) is 0.667. The largest absolute Gasteiger partial charge is 0.468 e. The first-order chi connectivity index (χ1) is 7.36. The Bertz CT molecular complexity index is 290. The summed E-state index contributed by atoms with van der Waals surface area (Å²) in [6, 6.07) is 2.01. The highest BCUT2D eigenvalue weighted by atomic mass is 16.5. The summed E-state index contributed by atoms with van der Waals surface area (Å²) in [5, 5.41) is 3.45. The van der Waals surface area contributed by atoms with E-state index >= 15 is 0 Å². The number of aryl methyl sites for hydroxylation is 1. The van der Waals surface area contributed by atoms with E-state index in [1.807, 2.05) is 6.07 Å². The van der Waals surface area contributed by atoms with Crippen LogP contribution < -0.4 is 5.32 Å². The van der Waals surface area contributed by atoms with Crippen molar-refractivity contribution in [3.63, 3.8) is 0 Å². The molecule has 1 aromatic rings. The molecule has 0 spiro atoms. The van der Waals surface area contributed by atoms with Gasteiger partial charge in [-0.05, 0) is 43.9 Å². The zero-order valence-corrected chi connectivity index (χ0v) is 9.29. The molecule has 0 aliphatic carbocycles. The Balaban J connectivity index is 1.68. The van der Waals surface area contributed by atoms with Gasteiger partial charge in [0.2, 0.25) is 0 Å². The predicted molar refractivity (Wildman–Crippen MR) is 58.7 cm³/mol. The lowest BCUT2D eigenvalue weighted by atomic mass is 10.0. The summed E-state index contributed by atoms with van der Waals surface area (Å²) < 4.78 is 10.7. The van der Waals surface area contributed by atoms with Crippen LogP contribution in [0, 0.1) is 12.8 Å². The Morgan fingerprint density at radius 2 is 2.20 bits per heavy atom. The maximum Gasteiger partial charge on any atom is 0.120 e. The molecule has 15 heavy (non-hydrogen) atoms. The standard InChI is InChI=1S/C12H19NO2/c1-10-2-7-15-12(10)9-13-8-11-3-5-14-6-4-11/h2,7,11,13H,3-6,8-9H2,1H3. The molecule has 1 saturated heterocycles. The fourth-order valence-electron chi connectivity index (χ4n) is 1.93. The maximum absolute atomic E-state index is 5.37. The molecule has 84 valence electrons. The second-order valence-corrected chi connectivity index (χ2v) is 4.21. The second kappa shape index (κ2) is 5.33. The smallest absolute Gasteiger partial charge is 0.120 e. The SMILES string of the molecule is Cc1ccoc1CNCC1CCOCC1. The van der Waals surface area contributed by atoms with Crippen LogP contribution in [-0.4, -0.2) is 19.8 Å². The van der Waals surface area contributed by atoms with Gasteiger partial charge >= 0.3 is 0 Å². The van der Waals surface area contributed by atoms with Crippen molar-refractivity contribution < 1.29 is 9.15 Å². The van der Waals surface area contributed by atoms with E-state index in [0.29, 0.717) is 0 Å². The van der Waals surface area contributed by atoms with Crippen LogP contribution >= 0.6 is 0 Å². The fourth-order valence-corrected chi connectivity index (χ4v) is 1.93. The van der Waals surface area contributed by atoms with Crippen molar-refractivity contribution in [3.05, 3.63) is 23.7 Å². The summed E-state index contributed by atoms with van der Waals surface area (Å²) in [6.45, 7) is 5.84. The molecule has 0 aromatic carbocycles. The molecule has 2 rings (SSSR count). The minimum atomic E-state index is 0.772. The zero-order valence-electron chi connectivity index (χ0n) is 9.29. The van der Waals surface area contributed by atoms with Crippen molar-refractivity contribution in [3.8, 4) is 0 Å². The molecule has 1 aromatic heterocycles. The van der Waals surface area contributed by atoms with Crippen molar-refractivity contribution in [1.29, 1.82) is 0 Å². The molecule has 1 fully saturated rings. The lowest BCUT2D eigenvalue weighted by molar-refractivity contribution is 0.0661. The number of hydrogen-bond acceptors (Lipinski definition) is 3. The topological polar surface area (TPSA) is 34.4 Å². The van der Waals surface area contributed by atoms with E-state index in [0.717, 1.165) is 38.0 Å². The van der Waals surface area contributed by atoms with Crippen LogP contribution in [0.1, 0.15) is 24.2 Å². The first-order valence-corrected chi connectivity index (χ1v) is 5.67. The van der Waals surface area contributed by atoms with Gasteiger partial charge in [-0.3, -0.25) is 0 Å². The zero-order chi connectivity index (χ0) is 10.5. The Hall–Kier alpha value is -0.800. The summed E-state index contributed by atoms with van der Waals surface area (Å²) in [5.41, 5.74) is 1.23. The molecule has 0 saturated carbocycles. The number of rotatable bonds is 4. The van der Waals surface area contributed by atoms with Gasteiger partial charge in [0.25, 0.3) is 0 Å². The number of ether oxygens (including phenoxy) is 1. The number of hydrogen-bond donors (Lipinski definition) is 1. The summed E-state index contributed by atoms with van der Waals surface area (Å²) in [6.07, 6.45) is 4.12. The quantitative estimate of drug-likeness (QED) is 0.824. The minimum absolute atomic E-state index is 0.772. The van der Waals surface area contributed by atoms with Crippen LogP contribution in [0.4, 0.5) is 0 Å². The van der Waals surface area contributed by atoms with Crippen LogP contribution in [-0.2, 0) is 11.3 Å². The Labute approximate surface area is 90.8 Å². The first kappa shape index (κ1) is 10.7. The van der Waals surface area contributed by atoms with E-state index < -0.39 is 0 Å². The van der Waals surface area contributed by atoms with E-state index in [9.17, 15) is 0 Å². The van der Waals surface area contributed by atoms with E-state index in [1.165, 1.54) is 18.4 Å². The average molecular weight is 209 g/mol. The van der Waals surface area contributed by atoms with Gasteiger partial charge in [0.1, 0.15) is 5.76 Å². The molecule has 0 bridgehead atoms. The molecule has 0 unspecified atom stereocenters. The molecule has 1 N–H and O–H groups in total. The van der Waals surface area contributed by atoms with Crippen molar-refractivity contribution in [2.75, 3.05) is 19.8 Å². The van der Waals surface area contributed by atoms with Gasteiger partial charge in [-0.25, -0.2) is 0 Å². The summed E-state index contributed by atoms with van der Waals surface area (Å²) in [4.78, 5) is 0. The molecule has 2 heterocycles. The van der Waals surface area contributed by atoms with Crippen LogP contribution in [0.15, 0.2) is 16.7 Å². The van der Waals surface area contributed by atoms with Gasteiger partial charge in [0.05, 0.1) is 12.8 Å². The normalized spacial score (nSPS) is 18.2. The van der Waals surface area contributed by atoms with Gasteiger partial charge < -0.3 is 14.5 Å². The van der Waals surface area contributed by atoms with Gasteiger partial charge in [-0.1, -0.05) is 0 Å². The van der Waals surface area contributed by atoms with E-state index in [-0.39, 0.29) is 0 Å². The summed E-state index contributed by atoms with van der Waals surface area (Å²) in [7, 11) is 0. The van der Waals surface area contributed by atoms with Crippen molar-refractivity contribution >= 4 is 0 Å². The summed E-state index contributed by atoms with van der Waals surface area (Å²) in [5.74, 6) is 1.83. The van der Waals surface area contributed by atoms with Crippen LogP contribution in [0.3, 0.4) is 0 Å². The number of nitrogens with one attached hydrogen (secondary N) is 1. The lowest BCUT2D eigenvalue weighted by Crippen LogP contribution is -2.27. The van der Waals surface area contributed by atoms with Gasteiger partial charge in [0, 0.05) is 13.2 Å². The third-order valence-corrected chi connectivity index (χ3v) is 3.03. The van der Waals surface area contributed by atoms with E-state index in [2.05, 4.69) is 12.2 Å². The molecule has 3 nitrogen and oxygen atoms in total. The lowest BCUT2D eigenvalue weighted by Gasteiger charge is -2.22. The monoisotopic (exact) mass is 209 g/mol. The molecular formula is C12H19NO2. The Morgan fingerprint density at radius 3 is 2.87 bits per heavy atom. The number of furan rings is 1. The van der Waals surface area contributed by atoms with E-state index in [4.69, 9.17) is 9.15 Å². The third kappa shape index (κ3) is 3.08. The maximum atomic E-state index is 5.37. The second-order valence-electron chi connectivity index (χ2n) is 4.21. The van der Waals surface area contributed by atoms with Gasteiger partial charge in [-0.15, -0.1) is 0 Å². The van der Waals surface area contributed by atoms with Crippen molar-refractivity contribution in [2.24, 2.45) is 5.92 Å². The Morgan fingerprint density at radius 1 is 1.40 bits per heavy atom. The van der Waals surface area contributed by atoms with Gasteiger partial charge in [0.15, 0.2) is 0 Å². The average Bonchev–Trinajstić information content (AvgIpc) is 2.66. The Kier molecular flexibility index (Phi) is 3.80. The van der Waals surface area contributed by atoms with Crippen molar-refractivity contribution in [1.82, 2.24) is 5.32 Å². The molecule has 0 radical (unpaired) electrons. The molecule has 1 aliphatic heterocycles. The van der Waals surface area contributed by atoms with Gasteiger partial charge in [-0.2, -0.15) is 0 Å². The predicted octanol–water partition coefficient (Wildman–Crippen LogP) is 2.10. The molecular weight excluding hydrogens is 190 g/mol. The highest BCUT2D eigenvalue weighted by Crippen LogP contribution is 2.14. The molecule has 1 aliphatic rings. The molecule has 3 heteroatoms. The molecule has 0 atom stereocenters. The highest BCUT2D eigenvalue weighted by Gasteiger charge is 2.13. The first-order valence-electron chi connectivity index (χ1n) is 5.67. The van der Waals surface area contributed by atoms with Crippen LogP contribution in [0.5, 0.6) is 0 Å². The van der Waals surface area contributed by atoms with E-state index in [1.54, 1.807) is 6.26 Å². The third-order valence-electron chi connectivity index (χ3n) is 3.03. The van der Waals surface area contributed by atoms with Crippen molar-refractivity contribution in [2.45, 2.75) is 26.3 Å². The van der Waals surface area contributed by atoms with Crippen LogP contribution in [0.25, 0.3) is 0 Å². The molecule has 0 amide bonds. The highest BCUT2D eigenvalue weighted by molar-refractivity contribution is 5.13. The van der Waals surface area contributed by atoms with Crippen LogP contribution in [0.2, 0.25) is 0 Å².